The average molecular weight is 1230 g/mol. The first-order chi connectivity index (χ1) is 42.3. The Hall–Kier alpha value is -4.33. The van der Waals surface area contributed by atoms with E-state index in [2.05, 4.69) is 158 Å². The van der Waals surface area contributed by atoms with E-state index in [1.807, 2.05) is 6.92 Å². The van der Waals surface area contributed by atoms with Crippen molar-refractivity contribution in [1.29, 1.82) is 0 Å². The van der Waals surface area contributed by atoms with Crippen molar-refractivity contribution < 1.29 is 89.4 Å². The smallest absolute Gasteiger partial charge is 0.220 e. The zero-order valence-corrected chi connectivity index (χ0v) is 51.4. The number of carbonyl (C=O) groups is 1. The summed E-state index contributed by atoms with van der Waals surface area (Å²) in [5, 5.41) is 119. The normalized spacial score (nSPS) is 29.6. The zero-order chi connectivity index (χ0) is 63.3. The summed E-state index contributed by atoms with van der Waals surface area (Å²) in [5.41, 5.74) is 0. The van der Waals surface area contributed by atoms with Crippen LogP contribution in [0.2, 0.25) is 0 Å². The number of aliphatic hydroxyl groups excluding tert-OH is 11. The number of nitrogens with one attached hydrogen (secondary N) is 1. The highest BCUT2D eigenvalue weighted by atomic mass is 16.8. The van der Waals surface area contributed by atoms with Crippen LogP contribution in [-0.2, 0) is 33.2 Å². The molecule has 87 heavy (non-hydrogen) atoms. The molecule has 0 spiro atoms. The van der Waals surface area contributed by atoms with Gasteiger partial charge in [0, 0.05) is 6.42 Å². The van der Waals surface area contributed by atoms with Crippen molar-refractivity contribution in [2.75, 3.05) is 26.4 Å². The molecule has 0 radical (unpaired) electrons. The Morgan fingerprint density at radius 1 is 0.425 bits per heavy atom. The van der Waals surface area contributed by atoms with Gasteiger partial charge >= 0.3 is 0 Å². The molecule has 0 aromatic rings. The molecule has 1 amide bonds. The number of rotatable bonds is 44. The maximum Gasteiger partial charge on any atom is 0.220 e. The maximum absolute atomic E-state index is 13.1. The first-order valence-corrected chi connectivity index (χ1v) is 31.6. The second kappa shape index (κ2) is 48.5. The van der Waals surface area contributed by atoms with Crippen LogP contribution >= 0.6 is 0 Å². The fraction of sp³-hybridized carbons (Fsp3) is 0.632. The van der Waals surface area contributed by atoms with Gasteiger partial charge in [-0.3, -0.25) is 4.79 Å². The zero-order valence-electron chi connectivity index (χ0n) is 51.4. The first kappa shape index (κ1) is 76.9. The van der Waals surface area contributed by atoms with Gasteiger partial charge < -0.3 is 89.9 Å². The lowest BCUT2D eigenvalue weighted by atomic mass is 9.96. The molecule has 19 nitrogen and oxygen atoms in total. The molecule has 3 rings (SSSR count). The standard InChI is InChI=1S/C68H107NO18/c1-3-5-7-8-9-10-11-12-13-14-15-16-17-18-19-20-21-22-23-24-25-26-27-28-29-30-31-32-33-34-35-36-37-38-39-40-41-42-44-46-56(74)69-51(52(73)45-43-6-4-2)50-82-66-62(80)59(77)64(54(48-71)84-66)87-68-63(81)60(78)65(55(49-72)85-68)86-67-61(79)58(76)57(75)53(47-70)83-67/h5,7,9-10,12-13,15-16,18-19,21-22,24-25,27-28,30-31,33-34,36-37,39-40,51-55,57-68,70-73,75-81H,3-4,6,8,11,14,17,20,23,26,29,32,35,38,41-50H2,1-2H3,(H,69,74)/b7-5-,10-9-,13-12-,16-15-,19-18-,22-21-,25-24-,28-27-,31-30-,34-33-,37-36-,40-39-. The van der Waals surface area contributed by atoms with E-state index in [0.717, 1.165) is 103 Å². The molecule has 0 aromatic carbocycles. The van der Waals surface area contributed by atoms with E-state index in [0.29, 0.717) is 19.3 Å². The third-order valence-electron chi connectivity index (χ3n) is 14.7. The average Bonchev–Trinajstić information content (AvgIpc) is 1.25. The molecule has 0 aliphatic carbocycles. The second-order valence-corrected chi connectivity index (χ2v) is 21.8. The molecule has 3 aliphatic heterocycles. The number of hydrogen-bond acceptors (Lipinski definition) is 18. The Labute approximate surface area is 517 Å². The quantitative estimate of drug-likeness (QED) is 0.0220. The molecule has 0 bridgehead atoms. The largest absolute Gasteiger partial charge is 0.394 e. The lowest BCUT2D eigenvalue weighted by molar-refractivity contribution is -0.379. The molecule has 17 unspecified atom stereocenters. The number of ether oxygens (including phenoxy) is 6. The Morgan fingerprint density at radius 2 is 0.782 bits per heavy atom. The highest BCUT2D eigenvalue weighted by Gasteiger charge is 2.53. The van der Waals surface area contributed by atoms with Gasteiger partial charge in [-0.05, 0) is 103 Å². The number of hydrogen-bond donors (Lipinski definition) is 12. The molecule has 3 saturated heterocycles. The predicted molar refractivity (Wildman–Crippen MR) is 336 cm³/mol. The Bertz CT molecular complexity index is 2150. The molecule has 12 N–H and O–H groups in total. The number of allylic oxidation sites excluding steroid dienone is 24. The minimum atomic E-state index is -1.98. The molecule has 19 heteroatoms. The molecule has 3 fully saturated rings. The fourth-order valence-electron chi connectivity index (χ4n) is 9.53. The van der Waals surface area contributed by atoms with Gasteiger partial charge in [-0.25, -0.2) is 0 Å². The van der Waals surface area contributed by atoms with Gasteiger partial charge in [0.05, 0.1) is 38.6 Å². The fourth-order valence-corrected chi connectivity index (χ4v) is 9.53. The monoisotopic (exact) mass is 1230 g/mol. The van der Waals surface area contributed by atoms with Crippen LogP contribution < -0.4 is 5.32 Å². The summed E-state index contributed by atoms with van der Waals surface area (Å²) in [7, 11) is 0. The van der Waals surface area contributed by atoms with Crippen molar-refractivity contribution in [3.05, 3.63) is 146 Å². The lowest BCUT2D eigenvalue weighted by Gasteiger charge is -2.48. The van der Waals surface area contributed by atoms with Gasteiger partial charge in [-0.15, -0.1) is 0 Å². The van der Waals surface area contributed by atoms with Crippen LogP contribution in [0.1, 0.15) is 142 Å². The number of unbranched alkanes of at least 4 members (excludes halogenated alkanes) is 4. The summed E-state index contributed by atoms with van der Waals surface area (Å²) in [5.74, 6) is -0.306. The summed E-state index contributed by atoms with van der Waals surface area (Å²) in [6, 6.07) is -0.917. The highest BCUT2D eigenvalue weighted by molar-refractivity contribution is 5.76. The van der Waals surface area contributed by atoms with E-state index in [1.165, 1.54) is 0 Å². The van der Waals surface area contributed by atoms with Gasteiger partial charge in [0.25, 0.3) is 0 Å². The molecule has 3 aliphatic rings. The third kappa shape index (κ3) is 31.3. The van der Waals surface area contributed by atoms with Crippen LogP contribution in [-0.4, -0.2) is 193 Å². The minimum absolute atomic E-state index is 0.197. The van der Waals surface area contributed by atoms with Crippen LogP contribution in [0.3, 0.4) is 0 Å². The van der Waals surface area contributed by atoms with Gasteiger partial charge in [-0.1, -0.05) is 179 Å². The van der Waals surface area contributed by atoms with Crippen molar-refractivity contribution in [2.24, 2.45) is 0 Å². The summed E-state index contributed by atoms with van der Waals surface area (Å²) >= 11 is 0. The van der Waals surface area contributed by atoms with Crippen molar-refractivity contribution in [1.82, 2.24) is 5.32 Å². The minimum Gasteiger partial charge on any atom is -0.394 e. The van der Waals surface area contributed by atoms with Gasteiger partial charge in [0.1, 0.15) is 73.2 Å². The van der Waals surface area contributed by atoms with Crippen LogP contribution in [0, 0.1) is 0 Å². The van der Waals surface area contributed by atoms with E-state index < -0.39 is 124 Å². The Morgan fingerprint density at radius 3 is 1.17 bits per heavy atom. The van der Waals surface area contributed by atoms with Gasteiger partial charge in [-0.2, -0.15) is 0 Å². The van der Waals surface area contributed by atoms with Crippen LogP contribution in [0.15, 0.2) is 146 Å². The maximum atomic E-state index is 13.1. The van der Waals surface area contributed by atoms with Crippen LogP contribution in [0.25, 0.3) is 0 Å². The SMILES string of the molecule is CC/C=C\C/C=C\C/C=C\C/C=C\C/C=C\C/C=C\C/C=C\C/C=C\C/C=C\C/C=C\C/C=C\C/C=C\CCCCC(=O)NC(COC1OC(CO)C(OC2OC(CO)C(OC3OC(CO)C(O)C(O)C3O)C(O)C2O)C(O)C1O)C(O)CCCCC. The Kier molecular flexibility index (Phi) is 42.9. The first-order valence-electron chi connectivity index (χ1n) is 31.6. The molecule has 3 heterocycles. The third-order valence-corrected chi connectivity index (χ3v) is 14.7. The summed E-state index contributed by atoms with van der Waals surface area (Å²) < 4.78 is 34.0. The van der Waals surface area contributed by atoms with E-state index >= 15 is 0 Å². The van der Waals surface area contributed by atoms with Crippen molar-refractivity contribution >= 4 is 5.91 Å². The highest BCUT2D eigenvalue weighted by Crippen LogP contribution is 2.33. The van der Waals surface area contributed by atoms with Crippen molar-refractivity contribution in [3.63, 3.8) is 0 Å². The van der Waals surface area contributed by atoms with E-state index in [1.54, 1.807) is 0 Å². The number of amides is 1. The van der Waals surface area contributed by atoms with Crippen molar-refractivity contribution in [3.8, 4) is 0 Å². The lowest BCUT2D eigenvalue weighted by Crippen LogP contribution is -2.66. The molecule has 492 valence electrons. The van der Waals surface area contributed by atoms with Crippen LogP contribution in [0.4, 0.5) is 0 Å². The topological polar surface area (TPSA) is 307 Å². The second-order valence-electron chi connectivity index (χ2n) is 21.8. The number of carbonyl (C=O) groups excluding carboxylic acids is 1. The van der Waals surface area contributed by atoms with E-state index in [-0.39, 0.29) is 18.9 Å². The molecule has 0 aromatic heterocycles. The van der Waals surface area contributed by atoms with E-state index in [9.17, 15) is 61.0 Å². The number of aliphatic hydroxyl groups is 11. The predicted octanol–water partition coefficient (Wildman–Crippen LogP) is 6.81. The van der Waals surface area contributed by atoms with Crippen molar-refractivity contribution in [2.45, 2.75) is 247 Å². The summed E-state index contributed by atoms with van der Waals surface area (Å²) in [6.45, 7) is 1.40. The molecular weight excluding hydrogens is 1120 g/mol. The van der Waals surface area contributed by atoms with Gasteiger partial charge in [0.15, 0.2) is 18.9 Å². The van der Waals surface area contributed by atoms with Gasteiger partial charge in [0.2, 0.25) is 5.91 Å². The molecular formula is C68H107NO18. The summed E-state index contributed by atoms with van der Waals surface area (Å²) in [4.78, 5) is 13.1. The van der Waals surface area contributed by atoms with Crippen LogP contribution in [0.5, 0.6) is 0 Å². The molecule has 17 atom stereocenters. The molecule has 0 saturated carbocycles. The summed E-state index contributed by atoms with van der Waals surface area (Å²) in [6.07, 6.45) is 42.3. The van der Waals surface area contributed by atoms with E-state index in [4.69, 9.17) is 28.4 Å². The Balaban J connectivity index is 1.28.